The van der Waals surface area contributed by atoms with Crippen LogP contribution in [0.5, 0.6) is 5.75 Å². The van der Waals surface area contributed by atoms with E-state index in [9.17, 15) is 9.59 Å². The Balaban J connectivity index is 1.22. The summed E-state index contributed by atoms with van der Waals surface area (Å²) < 4.78 is 5.13. The molecule has 1 atom stereocenters. The Morgan fingerprint density at radius 3 is 2.48 bits per heavy atom. The Bertz CT molecular complexity index is 942. The Kier molecular flexibility index (Phi) is 7.89. The van der Waals surface area contributed by atoms with Crippen molar-refractivity contribution in [2.45, 2.75) is 38.8 Å². The largest absolute Gasteiger partial charge is 0.497 e. The molecular formula is C23H32N6O3S. The lowest BCUT2D eigenvalue weighted by molar-refractivity contribution is -0.136. The molecule has 2 aliphatic rings. The predicted octanol–water partition coefficient (Wildman–Crippen LogP) is 2.32. The number of amides is 2. The van der Waals surface area contributed by atoms with Gasteiger partial charge in [0.1, 0.15) is 10.8 Å². The van der Waals surface area contributed by atoms with E-state index in [0.717, 1.165) is 56.3 Å². The van der Waals surface area contributed by atoms with Crippen LogP contribution in [0.1, 0.15) is 41.0 Å². The minimum absolute atomic E-state index is 0.257. The van der Waals surface area contributed by atoms with Gasteiger partial charge in [0.05, 0.1) is 20.2 Å². The summed E-state index contributed by atoms with van der Waals surface area (Å²) in [6, 6.07) is 7.52. The minimum atomic E-state index is -0.265. The zero-order chi connectivity index (χ0) is 23.2. The van der Waals surface area contributed by atoms with Gasteiger partial charge in [0.25, 0.3) is 5.91 Å². The highest BCUT2D eigenvalue weighted by Crippen LogP contribution is 2.19. The van der Waals surface area contributed by atoms with Crippen molar-refractivity contribution < 1.29 is 14.3 Å². The van der Waals surface area contributed by atoms with E-state index in [1.54, 1.807) is 31.4 Å². The van der Waals surface area contributed by atoms with Gasteiger partial charge in [0.15, 0.2) is 0 Å². The standard InChI is InChI=1S/C23H32N6O3S/c1-17-5-3-4-10-29(17)21(30)16-28-13-11-27(12-14-28)15-20-25-26-23(33-20)22(31)24-18-6-8-19(32-2)9-7-18/h6-9,17H,3-5,10-16H2,1-2H3,(H,24,31). The van der Waals surface area contributed by atoms with Crippen LogP contribution in [0, 0.1) is 0 Å². The second-order valence-corrected chi connectivity index (χ2v) is 9.73. The summed E-state index contributed by atoms with van der Waals surface area (Å²) in [7, 11) is 1.60. The van der Waals surface area contributed by atoms with Gasteiger partial charge < -0.3 is 15.0 Å². The van der Waals surface area contributed by atoms with E-state index in [4.69, 9.17) is 4.74 Å². The number of nitrogens with zero attached hydrogens (tertiary/aromatic N) is 5. The molecule has 4 rings (SSSR count). The van der Waals surface area contributed by atoms with E-state index < -0.39 is 0 Å². The van der Waals surface area contributed by atoms with Crippen molar-refractivity contribution in [3.63, 3.8) is 0 Å². The summed E-state index contributed by atoms with van der Waals surface area (Å²) in [5.74, 6) is 0.725. The van der Waals surface area contributed by atoms with Crippen LogP contribution in [0.4, 0.5) is 5.69 Å². The fourth-order valence-electron chi connectivity index (χ4n) is 4.32. The van der Waals surface area contributed by atoms with Crippen LogP contribution in [0.25, 0.3) is 0 Å². The lowest BCUT2D eigenvalue weighted by Gasteiger charge is -2.37. The average Bonchev–Trinajstić information content (AvgIpc) is 3.30. The normalized spacial score (nSPS) is 19.9. The SMILES string of the molecule is COc1ccc(NC(=O)c2nnc(CN3CCN(CC(=O)N4CCCCC4C)CC3)s2)cc1. The highest BCUT2D eigenvalue weighted by molar-refractivity contribution is 7.13. The molecule has 33 heavy (non-hydrogen) atoms. The quantitative estimate of drug-likeness (QED) is 0.661. The van der Waals surface area contributed by atoms with E-state index in [2.05, 4.69) is 37.1 Å². The van der Waals surface area contributed by atoms with Gasteiger partial charge in [-0.05, 0) is 50.5 Å². The Morgan fingerprint density at radius 2 is 1.79 bits per heavy atom. The second-order valence-electron chi connectivity index (χ2n) is 8.67. The monoisotopic (exact) mass is 472 g/mol. The summed E-state index contributed by atoms with van der Waals surface area (Å²) in [6.45, 7) is 7.68. The number of carbonyl (C=O) groups is 2. The Morgan fingerprint density at radius 1 is 1.06 bits per heavy atom. The Labute approximate surface area is 198 Å². The molecule has 2 aromatic rings. The van der Waals surface area contributed by atoms with E-state index >= 15 is 0 Å². The molecule has 2 saturated heterocycles. The summed E-state index contributed by atoms with van der Waals surface area (Å²) in [6.07, 6.45) is 3.45. The van der Waals surface area contributed by atoms with Gasteiger partial charge in [-0.15, -0.1) is 10.2 Å². The van der Waals surface area contributed by atoms with Crippen molar-refractivity contribution >= 4 is 28.8 Å². The van der Waals surface area contributed by atoms with Crippen molar-refractivity contribution in [1.82, 2.24) is 24.9 Å². The zero-order valence-corrected chi connectivity index (χ0v) is 20.1. The molecule has 1 aromatic heterocycles. The molecule has 178 valence electrons. The summed E-state index contributed by atoms with van der Waals surface area (Å²) in [5, 5.41) is 12.3. The molecule has 0 saturated carbocycles. The van der Waals surface area contributed by atoms with E-state index in [1.807, 2.05) is 0 Å². The number of anilines is 1. The number of rotatable bonds is 7. The predicted molar refractivity (Wildman–Crippen MR) is 128 cm³/mol. The van der Waals surface area contributed by atoms with Gasteiger partial charge in [-0.25, -0.2) is 0 Å². The third-order valence-electron chi connectivity index (χ3n) is 6.31. The number of methoxy groups -OCH3 is 1. The molecule has 2 amide bonds. The second kappa shape index (κ2) is 11.0. The topological polar surface area (TPSA) is 90.9 Å². The van der Waals surface area contributed by atoms with Crippen LogP contribution in [0.2, 0.25) is 0 Å². The number of aromatic nitrogens is 2. The highest BCUT2D eigenvalue weighted by atomic mass is 32.1. The minimum Gasteiger partial charge on any atom is -0.497 e. The van der Waals surface area contributed by atoms with Gasteiger partial charge in [0.2, 0.25) is 10.9 Å². The zero-order valence-electron chi connectivity index (χ0n) is 19.3. The van der Waals surface area contributed by atoms with E-state index in [0.29, 0.717) is 29.8 Å². The van der Waals surface area contributed by atoms with E-state index in [-0.39, 0.29) is 11.8 Å². The molecule has 0 spiro atoms. The number of piperidine rings is 1. The van der Waals surface area contributed by atoms with Crippen LogP contribution >= 0.6 is 11.3 Å². The number of hydrogen-bond acceptors (Lipinski definition) is 8. The summed E-state index contributed by atoms with van der Waals surface area (Å²) in [4.78, 5) is 31.8. The third kappa shape index (κ3) is 6.27. The maximum atomic E-state index is 12.7. The number of carbonyl (C=O) groups excluding carboxylic acids is 2. The van der Waals surface area contributed by atoms with Crippen molar-refractivity contribution in [2.24, 2.45) is 0 Å². The maximum Gasteiger partial charge on any atom is 0.286 e. The Hall–Kier alpha value is -2.56. The number of hydrogen-bond donors (Lipinski definition) is 1. The van der Waals surface area contributed by atoms with Crippen molar-refractivity contribution in [1.29, 1.82) is 0 Å². The summed E-state index contributed by atoms with van der Waals surface area (Å²) in [5.41, 5.74) is 0.683. The van der Waals surface area contributed by atoms with E-state index in [1.165, 1.54) is 17.8 Å². The molecule has 10 heteroatoms. The van der Waals surface area contributed by atoms with Crippen LogP contribution in [-0.4, -0.2) is 89.1 Å². The number of likely N-dealkylation sites (tertiary alicyclic amines) is 1. The number of piperazine rings is 1. The number of nitrogens with one attached hydrogen (secondary N) is 1. The third-order valence-corrected chi connectivity index (χ3v) is 7.22. The molecule has 0 aliphatic carbocycles. The molecule has 1 unspecified atom stereocenters. The first-order valence-corrected chi connectivity index (χ1v) is 12.4. The first-order chi connectivity index (χ1) is 16.0. The van der Waals surface area contributed by atoms with Gasteiger partial charge in [-0.3, -0.25) is 19.4 Å². The molecule has 0 radical (unpaired) electrons. The van der Waals surface area contributed by atoms with Crippen LogP contribution < -0.4 is 10.1 Å². The molecular weight excluding hydrogens is 440 g/mol. The van der Waals surface area contributed by atoms with Gasteiger partial charge in [0, 0.05) is 44.5 Å². The van der Waals surface area contributed by atoms with Gasteiger partial charge in [-0.2, -0.15) is 0 Å². The maximum absolute atomic E-state index is 12.7. The fourth-order valence-corrected chi connectivity index (χ4v) is 5.09. The average molecular weight is 473 g/mol. The molecule has 9 nitrogen and oxygen atoms in total. The first kappa shape index (κ1) is 23.6. The number of ether oxygens (including phenoxy) is 1. The lowest BCUT2D eigenvalue weighted by Crippen LogP contribution is -2.51. The highest BCUT2D eigenvalue weighted by Gasteiger charge is 2.26. The first-order valence-electron chi connectivity index (χ1n) is 11.5. The van der Waals surface area contributed by atoms with Crippen LogP contribution in [-0.2, 0) is 11.3 Å². The van der Waals surface area contributed by atoms with Crippen molar-refractivity contribution in [3.05, 3.63) is 34.3 Å². The van der Waals surface area contributed by atoms with Gasteiger partial charge >= 0.3 is 0 Å². The van der Waals surface area contributed by atoms with Crippen molar-refractivity contribution in [3.8, 4) is 5.75 Å². The molecule has 2 aliphatic heterocycles. The van der Waals surface area contributed by atoms with Crippen LogP contribution in [0.15, 0.2) is 24.3 Å². The number of benzene rings is 1. The summed E-state index contributed by atoms with van der Waals surface area (Å²) >= 11 is 1.32. The lowest BCUT2D eigenvalue weighted by atomic mass is 10.0. The molecule has 0 bridgehead atoms. The molecule has 3 heterocycles. The van der Waals surface area contributed by atoms with Gasteiger partial charge in [-0.1, -0.05) is 11.3 Å². The fraction of sp³-hybridized carbons (Fsp3) is 0.565. The van der Waals surface area contributed by atoms with Crippen LogP contribution in [0.3, 0.4) is 0 Å². The smallest absolute Gasteiger partial charge is 0.286 e. The van der Waals surface area contributed by atoms with Crippen molar-refractivity contribution in [2.75, 3.05) is 51.7 Å². The molecule has 2 fully saturated rings. The molecule has 1 N–H and O–H groups in total. The molecule has 1 aromatic carbocycles.